The maximum absolute atomic E-state index is 15.7. The number of fused-ring (bicyclic) bond motifs is 2. The summed E-state index contributed by atoms with van der Waals surface area (Å²) >= 11 is 0. The van der Waals surface area contributed by atoms with Crippen LogP contribution in [-0.4, -0.2) is 54.3 Å². The molecule has 9 heteroatoms. The van der Waals surface area contributed by atoms with E-state index in [9.17, 15) is 22.7 Å². The highest BCUT2D eigenvalue weighted by Gasteiger charge is 2.53. The molecule has 2 saturated heterocycles. The Hall–Kier alpha value is -2.36. The number of rotatable bonds is 7. The van der Waals surface area contributed by atoms with Crippen LogP contribution >= 0.6 is 0 Å². The number of aliphatic hydroxyl groups is 1. The monoisotopic (exact) mass is 482 g/mol. The summed E-state index contributed by atoms with van der Waals surface area (Å²) in [6, 6.07) is 7.54. The predicted molar refractivity (Wildman–Crippen MR) is 121 cm³/mol. The van der Waals surface area contributed by atoms with Gasteiger partial charge in [-0.1, -0.05) is 30.3 Å². The van der Waals surface area contributed by atoms with E-state index in [-0.39, 0.29) is 29.2 Å². The van der Waals surface area contributed by atoms with Crippen molar-refractivity contribution in [3.05, 3.63) is 59.7 Å². The van der Waals surface area contributed by atoms with Crippen LogP contribution < -0.4 is 4.72 Å². The molecule has 3 unspecified atom stereocenters. The largest absolute Gasteiger partial charge is 0.384 e. The normalized spacial score (nSPS) is 28.5. The molecule has 3 atom stereocenters. The summed E-state index contributed by atoms with van der Waals surface area (Å²) in [4.78, 5) is 14.3. The minimum Gasteiger partial charge on any atom is -0.384 e. The fraction of sp³-hybridized carbons (Fsp3) is 0.458. The summed E-state index contributed by atoms with van der Waals surface area (Å²) < 4.78 is 88.3. The molecule has 2 bridgehead atoms. The molecule has 0 spiro atoms. The Morgan fingerprint density at radius 3 is 2.64 bits per heavy atom. The van der Waals surface area contributed by atoms with Gasteiger partial charge in [-0.05, 0) is 62.2 Å². The second-order valence-corrected chi connectivity index (χ2v) is 10.6. The molecule has 3 aliphatic rings. The first-order chi connectivity index (χ1) is 17.2. The highest BCUT2D eigenvalue weighted by atomic mass is 32.2. The van der Waals surface area contributed by atoms with Gasteiger partial charge in [-0.2, -0.15) is 0 Å². The third kappa shape index (κ3) is 4.67. The van der Waals surface area contributed by atoms with Crippen LogP contribution in [0.4, 0.5) is 8.78 Å². The molecule has 3 fully saturated rings. The molecular weight excluding hydrogens is 450 g/mol. The first kappa shape index (κ1) is 19.0. The number of hydrogen-bond donors (Lipinski definition) is 2. The van der Waals surface area contributed by atoms with Crippen LogP contribution in [0.25, 0.3) is 11.1 Å². The number of nitrogens with one attached hydrogen (secondary N) is 1. The van der Waals surface area contributed by atoms with Crippen LogP contribution in [0.1, 0.15) is 37.7 Å². The second kappa shape index (κ2) is 9.12. The standard InChI is InChI=1S/C24H28F2N2O4S/c1-3-33(31,32)27-23-17-10-19(11-17)28(24(30)14(2)29)21(23)12-16-9-18(25)13-20(22(16)26)15-7-5-4-6-8-15/h4-9,13-14,17,19,21,23,27,29H,3,10-12H2,1-2H3/i2D3,14D. The maximum Gasteiger partial charge on any atom is 0.251 e. The van der Waals surface area contributed by atoms with Gasteiger partial charge in [0.1, 0.15) is 17.7 Å². The highest BCUT2D eigenvalue weighted by Crippen LogP contribution is 2.45. The van der Waals surface area contributed by atoms with Gasteiger partial charge in [0, 0.05) is 21.8 Å². The van der Waals surface area contributed by atoms with Gasteiger partial charge in [0.2, 0.25) is 10.0 Å². The Bertz CT molecular complexity index is 1290. The molecule has 5 rings (SSSR count). The molecule has 2 aromatic rings. The Labute approximate surface area is 198 Å². The molecule has 2 heterocycles. The van der Waals surface area contributed by atoms with E-state index >= 15 is 4.39 Å². The van der Waals surface area contributed by atoms with Crippen molar-refractivity contribution in [2.45, 2.75) is 57.2 Å². The van der Waals surface area contributed by atoms with Gasteiger partial charge in [0.25, 0.3) is 5.91 Å². The second-order valence-electron chi connectivity index (χ2n) is 8.56. The number of piperidine rings is 2. The maximum atomic E-state index is 15.7. The molecule has 1 saturated carbocycles. The number of carbonyl (C=O) groups is 1. The minimum atomic E-state index is -3.81. The fourth-order valence-corrected chi connectivity index (χ4v) is 5.82. The average Bonchev–Trinajstić information content (AvgIpc) is 2.80. The summed E-state index contributed by atoms with van der Waals surface area (Å²) in [6.45, 7) is -1.97. The van der Waals surface area contributed by atoms with Crippen molar-refractivity contribution < 1.29 is 32.6 Å². The lowest BCUT2D eigenvalue weighted by molar-refractivity contribution is -0.157. The highest BCUT2D eigenvalue weighted by molar-refractivity contribution is 7.89. The Morgan fingerprint density at radius 1 is 1.30 bits per heavy atom. The summed E-state index contributed by atoms with van der Waals surface area (Å²) in [5.74, 6) is -3.46. The van der Waals surface area contributed by atoms with Crippen LogP contribution in [0.2, 0.25) is 0 Å². The first-order valence-corrected chi connectivity index (χ1v) is 12.4. The number of nitrogens with zero attached hydrogens (tertiary/aromatic N) is 1. The van der Waals surface area contributed by atoms with Crippen molar-refractivity contribution in [3.8, 4) is 11.1 Å². The summed E-state index contributed by atoms with van der Waals surface area (Å²) in [6.07, 6.45) is -3.23. The number of benzene rings is 2. The SMILES string of the molecule is [2H]C([2H])([2H])C([2H])(O)C(=O)N1C2CC(C2)C(NS(=O)(=O)CC)C1Cc1cc(F)cc(-c2ccccc2)c1F. The van der Waals surface area contributed by atoms with E-state index < -0.39 is 58.6 Å². The van der Waals surface area contributed by atoms with Gasteiger partial charge in [0.05, 0.1) is 13.2 Å². The fourth-order valence-electron chi connectivity index (χ4n) is 4.89. The minimum absolute atomic E-state index is 0.0281. The molecule has 0 aromatic heterocycles. The van der Waals surface area contributed by atoms with E-state index in [2.05, 4.69) is 4.72 Å². The molecule has 178 valence electrons. The molecule has 1 amide bonds. The number of amides is 1. The Morgan fingerprint density at radius 2 is 2.00 bits per heavy atom. The van der Waals surface area contributed by atoms with Crippen molar-refractivity contribution in [1.29, 1.82) is 0 Å². The topological polar surface area (TPSA) is 86.7 Å². The molecule has 2 aromatic carbocycles. The van der Waals surface area contributed by atoms with Crippen molar-refractivity contribution in [3.63, 3.8) is 0 Å². The molecule has 6 nitrogen and oxygen atoms in total. The number of halogens is 2. The first-order valence-electron chi connectivity index (χ1n) is 12.7. The lowest BCUT2D eigenvalue weighted by atomic mass is 9.66. The molecule has 1 aliphatic carbocycles. The number of sulfonamides is 1. The molecule has 33 heavy (non-hydrogen) atoms. The van der Waals surface area contributed by atoms with Crippen molar-refractivity contribution in [2.24, 2.45) is 5.92 Å². The summed E-state index contributed by atoms with van der Waals surface area (Å²) in [5.41, 5.74) is 0.233. The quantitative estimate of drug-likeness (QED) is 0.636. The zero-order valence-corrected chi connectivity index (χ0v) is 18.8. The van der Waals surface area contributed by atoms with Crippen LogP contribution in [0, 0.1) is 17.6 Å². The van der Waals surface area contributed by atoms with Crippen molar-refractivity contribution in [2.75, 3.05) is 5.75 Å². The molecule has 2 N–H and O–H groups in total. The summed E-state index contributed by atoms with van der Waals surface area (Å²) in [5, 5.41) is 10.4. The van der Waals surface area contributed by atoms with E-state index in [1.165, 1.54) is 6.92 Å². The third-order valence-electron chi connectivity index (χ3n) is 6.58. The van der Waals surface area contributed by atoms with Gasteiger partial charge in [0.15, 0.2) is 0 Å². The van der Waals surface area contributed by atoms with Crippen LogP contribution in [0.5, 0.6) is 0 Å². The molecular formula is C24H28F2N2O4S. The van der Waals surface area contributed by atoms with Crippen molar-refractivity contribution >= 4 is 15.9 Å². The lowest BCUT2D eigenvalue weighted by Crippen LogP contribution is -2.71. The number of hydrogen-bond acceptors (Lipinski definition) is 4. The van der Waals surface area contributed by atoms with Gasteiger partial charge in [-0.25, -0.2) is 21.9 Å². The average molecular weight is 483 g/mol. The Balaban J connectivity index is 1.80. The van der Waals surface area contributed by atoms with Gasteiger partial charge in [-0.15, -0.1) is 0 Å². The summed E-state index contributed by atoms with van der Waals surface area (Å²) in [7, 11) is -3.81. The van der Waals surface area contributed by atoms with E-state index in [4.69, 9.17) is 5.48 Å². The van der Waals surface area contributed by atoms with E-state index in [1.54, 1.807) is 30.3 Å². The zero-order valence-electron chi connectivity index (χ0n) is 22.0. The van der Waals surface area contributed by atoms with E-state index in [1.807, 2.05) is 0 Å². The zero-order chi connectivity index (χ0) is 27.3. The van der Waals surface area contributed by atoms with Crippen LogP contribution in [-0.2, 0) is 21.2 Å². The van der Waals surface area contributed by atoms with Crippen LogP contribution in [0.3, 0.4) is 0 Å². The predicted octanol–water partition coefficient (Wildman–Crippen LogP) is 2.85. The van der Waals surface area contributed by atoms with Crippen molar-refractivity contribution in [1.82, 2.24) is 9.62 Å². The van der Waals surface area contributed by atoms with Gasteiger partial charge < -0.3 is 10.0 Å². The van der Waals surface area contributed by atoms with E-state index in [0.29, 0.717) is 18.4 Å². The van der Waals surface area contributed by atoms with Gasteiger partial charge >= 0.3 is 0 Å². The number of carbonyl (C=O) groups excluding carboxylic acids is 1. The molecule has 2 aliphatic heterocycles. The van der Waals surface area contributed by atoms with Gasteiger partial charge in [-0.3, -0.25) is 4.79 Å². The van der Waals surface area contributed by atoms with E-state index in [0.717, 1.165) is 17.0 Å². The van der Waals surface area contributed by atoms with Crippen LogP contribution in [0.15, 0.2) is 42.5 Å². The lowest BCUT2D eigenvalue weighted by Gasteiger charge is -2.58. The Kier molecular flexibility index (Phi) is 5.25. The smallest absolute Gasteiger partial charge is 0.251 e. The third-order valence-corrected chi connectivity index (χ3v) is 7.97. The molecule has 0 radical (unpaired) electrons.